The molecule has 2 aromatic rings. The van der Waals surface area contributed by atoms with Crippen LogP contribution in [0.5, 0.6) is 0 Å². The van der Waals surface area contributed by atoms with Crippen LogP contribution < -0.4 is 5.32 Å². The number of nitrogens with one attached hydrogen (secondary N) is 1. The molecule has 0 radical (unpaired) electrons. The highest BCUT2D eigenvalue weighted by Gasteiger charge is 2.21. The van der Waals surface area contributed by atoms with E-state index < -0.39 is 16.9 Å². The molecule has 0 saturated carbocycles. The fourth-order valence-electron chi connectivity index (χ4n) is 2.32. The zero-order valence-electron chi connectivity index (χ0n) is 10.9. The van der Waals surface area contributed by atoms with E-state index in [4.69, 9.17) is 4.42 Å². The molecule has 1 aliphatic heterocycles. The number of hydrogen-bond donors (Lipinski definition) is 2. The third-order valence-corrected chi connectivity index (χ3v) is 3.40. The number of aryl methyl sites for hydroxylation is 1. The molecular weight excluding hydrogens is 276 g/mol. The molecule has 108 valence electrons. The van der Waals surface area contributed by atoms with Gasteiger partial charge in [0.1, 0.15) is 16.8 Å². The van der Waals surface area contributed by atoms with E-state index in [9.17, 15) is 20.0 Å². The van der Waals surface area contributed by atoms with Crippen molar-refractivity contribution in [1.82, 2.24) is 0 Å². The molecule has 1 atom stereocenters. The number of furan rings is 1. The predicted octanol–water partition coefficient (Wildman–Crippen LogP) is 2.15. The van der Waals surface area contributed by atoms with Gasteiger partial charge in [0.25, 0.3) is 0 Å². The van der Waals surface area contributed by atoms with Crippen molar-refractivity contribution in [3.05, 3.63) is 57.3 Å². The summed E-state index contributed by atoms with van der Waals surface area (Å²) in [5.41, 5.74) is 2.22. The Morgan fingerprint density at radius 2 is 2.10 bits per heavy atom. The summed E-state index contributed by atoms with van der Waals surface area (Å²) in [7, 11) is 0. The highest BCUT2D eigenvalue weighted by Crippen LogP contribution is 2.30. The molecule has 2 N–H and O–H groups in total. The van der Waals surface area contributed by atoms with Crippen molar-refractivity contribution in [2.45, 2.75) is 18.9 Å². The largest absolute Gasteiger partial charge is 0.433 e. The first-order chi connectivity index (χ1) is 10.0. The Balaban J connectivity index is 1.89. The Bertz CT molecular complexity index is 722. The maximum absolute atomic E-state index is 11.3. The quantitative estimate of drug-likeness (QED) is 0.665. The fourth-order valence-corrected chi connectivity index (χ4v) is 2.32. The maximum atomic E-state index is 11.3. The van der Waals surface area contributed by atoms with Gasteiger partial charge in [-0.15, -0.1) is 0 Å². The van der Waals surface area contributed by atoms with Crippen LogP contribution in [0.25, 0.3) is 0 Å². The van der Waals surface area contributed by atoms with E-state index in [1.165, 1.54) is 12.1 Å². The van der Waals surface area contributed by atoms with Gasteiger partial charge in [0.05, 0.1) is 6.07 Å². The normalized spacial score (nSPS) is 15.2. The number of carbonyl (C=O) groups is 1. The molecule has 0 bridgehead atoms. The van der Waals surface area contributed by atoms with Gasteiger partial charge in [0.2, 0.25) is 5.91 Å². The number of benzene rings is 1. The number of fused-ring (bicyclic) bond motifs is 1. The average Bonchev–Trinajstić information content (AvgIpc) is 2.96. The number of amides is 1. The molecule has 1 unspecified atom stereocenters. The van der Waals surface area contributed by atoms with E-state index >= 15 is 0 Å². The molecule has 0 saturated heterocycles. The van der Waals surface area contributed by atoms with E-state index in [2.05, 4.69) is 5.32 Å². The smallest absolute Gasteiger partial charge is 0.403 e. The molecule has 0 fully saturated rings. The lowest BCUT2D eigenvalue weighted by Crippen LogP contribution is -2.19. The van der Waals surface area contributed by atoms with Crippen LogP contribution in [0.1, 0.15) is 29.4 Å². The number of anilines is 1. The van der Waals surface area contributed by atoms with Gasteiger partial charge >= 0.3 is 5.88 Å². The van der Waals surface area contributed by atoms with Gasteiger partial charge in [0.15, 0.2) is 0 Å². The van der Waals surface area contributed by atoms with Crippen LogP contribution in [0.4, 0.5) is 11.6 Å². The number of nitro groups is 1. The number of carbonyl (C=O) groups excluding carboxylic acids is 1. The van der Waals surface area contributed by atoms with E-state index in [0.29, 0.717) is 18.4 Å². The highest BCUT2D eigenvalue weighted by atomic mass is 16.6. The Hall–Kier alpha value is -2.67. The van der Waals surface area contributed by atoms with Crippen molar-refractivity contribution in [2.75, 3.05) is 5.32 Å². The lowest BCUT2D eigenvalue weighted by atomic mass is 9.97. The van der Waals surface area contributed by atoms with Crippen molar-refractivity contribution in [3.8, 4) is 0 Å². The Morgan fingerprint density at radius 1 is 1.29 bits per heavy atom. The van der Waals surface area contributed by atoms with Crippen LogP contribution in [0.15, 0.2) is 34.7 Å². The van der Waals surface area contributed by atoms with Crippen LogP contribution in [-0.2, 0) is 11.2 Å². The second-order valence-corrected chi connectivity index (χ2v) is 4.80. The zero-order chi connectivity index (χ0) is 15.0. The van der Waals surface area contributed by atoms with Gasteiger partial charge in [-0.25, -0.2) is 0 Å². The molecule has 0 spiro atoms. The van der Waals surface area contributed by atoms with Crippen molar-refractivity contribution >= 4 is 17.5 Å². The van der Waals surface area contributed by atoms with Gasteiger partial charge in [-0.05, 0) is 29.7 Å². The summed E-state index contributed by atoms with van der Waals surface area (Å²) in [5.74, 6) is -0.326. The summed E-state index contributed by atoms with van der Waals surface area (Å²) in [6.07, 6.45) is -0.0830. The first-order valence-corrected chi connectivity index (χ1v) is 6.39. The number of nitrogens with zero attached hydrogens (tertiary/aromatic N) is 1. The average molecular weight is 288 g/mol. The number of rotatable bonds is 3. The highest BCUT2D eigenvalue weighted by molar-refractivity contribution is 5.93. The molecule has 2 heterocycles. The minimum Gasteiger partial charge on any atom is -0.403 e. The molecule has 1 aromatic heterocycles. The van der Waals surface area contributed by atoms with Crippen LogP contribution in [0.3, 0.4) is 0 Å². The number of aliphatic hydroxyl groups is 1. The maximum Gasteiger partial charge on any atom is 0.433 e. The fraction of sp³-hybridized carbons (Fsp3) is 0.214. The van der Waals surface area contributed by atoms with Crippen molar-refractivity contribution < 1.29 is 19.2 Å². The molecule has 1 amide bonds. The third-order valence-electron chi connectivity index (χ3n) is 3.40. The standard InChI is InChI=1S/C14H12N2O5/c17-12-5-2-8-7-9(1-3-10(8)15-12)14(18)11-4-6-13(21-11)16(19)20/h1,3-4,6-7,14,18H,2,5H2,(H,15,17). The molecule has 1 aromatic carbocycles. The van der Waals surface area contributed by atoms with Crippen molar-refractivity contribution in [2.24, 2.45) is 0 Å². The van der Waals surface area contributed by atoms with E-state index in [1.54, 1.807) is 18.2 Å². The van der Waals surface area contributed by atoms with E-state index in [1.807, 2.05) is 0 Å². The molecule has 7 heteroatoms. The minimum absolute atomic E-state index is 0.0301. The van der Waals surface area contributed by atoms with Gasteiger partial charge in [0, 0.05) is 12.1 Å². The minimum atomic E-state index is -1.08. The molecular formula is C14H12N2O5. The van der Waals surface area contributed by atoms with Crippen LogP contribution in [0, 0.1) is 10.1 Å². The second-order valence-electron chi connectivity index (χ2n) is 4.80. The SMILES string of the molecule is O=C1CCc2cc(C(O)c3ccc([N+](=O)[O-])o3)ccc2N1. The molecule has 7 nitrogen and oxygen atoms in total. The topological polar surface area (TPSA) is 106 Å². The first kappa shape index (κ1) is 13.3. The summed E-state index contributed by atoms with van der Waals surface area (Å²) in [4.78, 5) is 21.2. The van der Waals surface area contributed by atoms with Crippen LogP contribution in [0.2, 0.25) is 0 Å². The Morgan fingerprint density at radius 3 is 2.81 bits per heavy atom. The number of hydrogen-bond acceptors (Lipinski definition) is 5. The molecule has 0 aliphatic carbocycles. The molecule has 21 heavy (non-hydrogen) atoms. The van der Waals surface area contributed by atoms with Crippen molar-refractivity contribution in [1.29, 1.82) is 0 Å². The summed E-state index contributed by atoms with van der Waals surface area (Å²) < 4.78 is 5.00. The third kappa shape index (κ3) is 2.50. The lowest BCUT2D eigenvalue weighted by Gasteiger charge is -2.18. The van der Waals surface area contributed by atoms with Gasteiger partial charge in [-0.3, -0.25) is 14.9 Å². The van der Waals surface area contributed by atoms with Gasteiger partial charge in [-0.2, -0.15) is 0 Å². The van der Waals surface area contributed by atoms with Gasteiger partial charge < -0.3 is 14.8 Å². The second kappa shape index (κ2) is 5.02. The van der Waals surface area contributed by atoms with Crippen LogP contribution >= 0.6 is 0 Å². The van der Waals surface area contributed by atoms with E-state index in [-0.39, 0.29) is 11.7 Å². The monoisotopic (exact) mass is 288 g/mol. The lowest BCUT2D eigenvalue weighted by molar-refractivity contribution is -0.402. The summed E-state index contributed by atoms with van der Waals surface area (Å²) >= 11 is 0. The number of aliphatic hydroxyl groups excluding tert-OH is 1. The van der Waals surface area contributed by atoms with E-state index in [0.717, 1.165) is 11.3 Å². The van der Waals surface area contributed by atoms with Crippen LogP contribution in [-0.4, -0.2) is 15.9 Å². The predicted molar refractivity (Wildman–Crippen MR) is 72.8 cm³/mol. The van der Waals surface area contributed by atoms with Gasteiger partial charge in [-0.1, -0.05) is 12.1 Å². The first-order valence-electron chi connectivity index (χ1n) is 6.39. The molecule has 1 aliphatic rings. The summed E-state index contributed by atoms with van der Waals surface area (Å²) in [6.45, 7) is 0. The Labute approximate surface area is 119 Å². The molecule has 3 rings (SSSR count). The Kier molecular flexibility index (Phi) is 3.19. The summed E-state index contributed by atoms with van der Waals surface area (Å²) in [6, 6.07) is 7.72. The zero-order valence-corrected chi connectivity index (χ0v) is 10.9. The summed E-state index contributed by atoms with van der Waals surface area (Å²) in [5, 5.41) is 23.6. The van der Waals surface area contributed by atoms with Crippen molar-refractivity contribution in [3.63, 3.8) is 0 Å².